The van der Waals surface area contributed by atoms with E-state index in [-0.39, 0.29) is 23.9 Å². The van der Waals surface area contributed by atoms with Crippen LogP contribution in [0.2, 0.25) is 0 Å². The molecule has 8 nitrogen and oxygen atoms in total. The van der Waals surface area contributed by atoms with E-state index >= 15 is 0 Å². The number of nitrogens with zero attached hydrogens (tertiary/aromatic N) is 5. The van der Waals surface area contributed by atoms with Crippen molar-refractivity contribution in [1.29, 1.82) is 0 Å². The Labute approximate surface area is 191 Å². The van der Waals surface area contributed by atoms with E-state index in [9.17, 15) is 17.2 Å². The zero-order valence-electron chi connectivity index (χ0n) is 18.2. The minimum absolute atomic E-state index is 0.0227. The van der Waals surface area contributed by atoms with Gasteiger partial charge in [0.05, 0.1) is 18.3 Å². The highest BCUT2D eigenvalue weighted by Crippen LogP contribution is 2.26. The van der Waals surface area contributed by atoms with Gasteiger partial charge in [0.15, 0.2) is 5.82 Å². The van der Waals surface area contributed by atoms with E-state index in [4.69, 9.17) is 0 Å². The van der Waals surface area contributed by atoms with Crippen molar-refractivity contribution in [2.45, 2.75) is 38.4 Å². The van der Waals surface area contributed by atoms with Crippen LogP contribution in [-0.2, 0) is 16.6 Å². The topological polar surface area (TPSA) is 93.0 Å². The third-order valence-electron chi connectivity index (χ3n) is 5.87. The average Bonchev–Trinajstić information content (AvgIpc) is 3.46. The van der Waals surface area contributed by atoms with Gasteiger partial charge in [-0.1, -0.05) is 36.4 Å². The third kappa shape index (κ3) is 5.26. The van der Waals surface area contributed by atoms with E-state index in [1.807, 2.05) is 30.3 Å². The number of sulfonamides is 1. The first-order chi connectivity index (χ1) is 15.9. The first-order valence-corrected chi connectivity index (χ1v) is 12.5. The van der Waals surface area contributed by atoms with Crippen molar-refractivity contribution in [1.82, 2.24) is 29.8 Å². The summed E-state index contributed by atoms with van der Waals surface area (Å²) in [6.45, 7) is 2.72. The summed E-state index contributed by atoms with van der Waals surface area (Å²) in [7, 11) is -3.35. The maximum absolute atomic E-state index is 14.8. The molecule has 0 bridgehead atoms. The van der Waals surface area contributed by atoms with E-state index < -0.39 is 27.7 Å². The number of hydrogen-bond donors (Lipinski definition) is 1. The maximum atomic E-state index is 14.8. The monoisotopic (exact) mass is 476 g/mol. The quantitative estimate of drug-likeness (QED) is 0.510. The second-order valence-electron chi connectivity index (χ2n) is 7.99. The molecule has 0 saturated carbocycles. The van der Waals surface area contributed by atoms with Crippen LogP contribution in [0.25, 0.3) is 0 Å². The van der Waals surface area contributed by atoms with E-state index in [0.29, 0.717) is 25.3 Å². The molecule has 0 aliphatic carbocycles. The van der Waals surface area contributed by atoms with E-state index in [2.05, 4.69) is 20.8 Å². The van der Waals surface area contributed by atoms with Crippen LogP contribution in [0.1, 0.15) is 42.8 Å². The van der Waals surface area contributed by atoms with Crippen molar-refractivity contribution in [3.8, 4) is 0 Å². The largest absolute Gasteiger partial charge is 0.302 e. The minimum Gasteiger partial charge on any atom is -0.302 e. The fraction of sp³-hybridized carbons (Fsp3) is 0.409. The molecule has 0 radical (unpaired) electrons. The van der Waals surface area contributed by atoms with Gasteiger partial charge in [-0.15, -0.1) is 5.10 Å². The summed E-state index contributed by atoms with van der Waals surface area (Å²) < 4.78 is 56.4. The van der Waals surface area contributed by atoms with Crippen LogP contribution in [0.5, 0.6) is 0 Å². The fourth-order valence-electron chi connectivity index (χ4n) is 4.16. The predicted molar refractivity (Wildman–Crippen MR) is 119 cm³/mol. The van der Waals surface area contributed by atoms with Gasteiger partial charge < -0.3 is 5.32 Å². The Hall–Kier alpha value is -2.76. The molecule has 33 heavy (non-hydrogen) atoms. The summed E-state index contributed by atoms with van der Waals surface area (Å²) in [4.78, 5) is 0. The number of halogens is 2. The molecule has 0 spiro atoms. The lowest BCUT2D eigenvalue weighted by molar-refractivity contribution is 0.358. The van der Waals surface area contributed by atoms with Crippen molar-refractivity contribution >= 4 is 10.0 Å². The van der Waals surface area contributed by atoms with Gasteiger partial charge in [-0.3, -0.25) is 0 Å². The predicted octanol–water partition coefficient (Wildman–Crippen LogP) is 2.49. The molecule has 176 valence electrons. The Bertz CT molecular complexity index is 1190. The van der Waals surface area contributed by atoms with Crippen LogP contribution >= 0.6 is 0 Å². The van der Waals surface area contributed by atoms with Crippen molar-refractivity contribution in [2.24, 2.45) is 0 Å². The molecule has 1 aromatic heterocycles. The Morgan fingerprint density at radius 3 is 2.70 bits per heavy atom. The number of aromatic nitrogens is 4. The summed E-state index contributed by atoms with van der Waals surface area (Å²) in [5.74, 6) is -1.04. The molecule has 0 amide bonds. The molecule has 11 heteroatoms. The SMILES string of the molecule is CCS(=O)(=O)N1CCCC1CNC(c1ccc(F)cc1F)c1nnnn1Cc1ccccc1. The van der Waals surface area contributed by atoms with Crippen LogP contribution in [0, 0.1) is 11.6 Å². The number of rotatable bonds is 9. The number of hydrogen-bond acceptors (Lipinski definition) is 6. The number of tetrazole rings is 1. The Balaban J connectivity index is 1.64. The van der Waals surface area contributed by atoms with E-state index in [1.54, 1.807) is 11.6 Å². The molecule has 1 aliphatic heterocycles. The molecule has 2 atom stereocenters. The van der Waals surface area contributed by atoms with Crippen LogP contribution < -0.4 is 5.32 Å². The standard InChI is InChI=1S/C22H26F2N6O2S/c1-2-33(31,32)30-12-6-9-18(30)14-25-21(19-11-10-17(23)13-20(19)24)22-26-27-28-29(22)15-16-7-4-3-5-8-16/h3-5,7-8,10-11,13,18,21,25H,2,6,9,12,14-15H2,1H3. The van der Waals surface area contributed by atoms with Gasteiger partial charge in [-0.2, -0.15) is 4.31 Å². The lowest BCUT2D eigenvalue weighted by atomic mass is 10.0. The summed E-state index contributed by atoms with van der Waals surface area (Å²) in [5.41, 5.74) is 1.14. The lowest BCUT2D eigenvalue weighted by Crippen LogP contribution is -2.43. The minimum atomic E-state index is -3.35. The summed E-state index contributed by atoms with van der Waals surface area (Å²) in [6, 6.07) is 11.9. The highest BCUT2D eigenvalue weighted by atomic mass is 32.2. The smallest absolute Gasteiger partial charge is 0.214 e. The molecule has 2 heterocycles. The van der Waals surface area contributed by atoms with Crippen molar-refractivity contribution in [2.75, 3.05) is 18.8 Å². The highest BCUT2D eigenvalue weighted by Gasteiger charge is 2.34. The second kappa shape index (κ2) is 10.0. The highest BCUT2D eigenvalue weighted by molar-refractivity contribution is 7.89. The molecule has 1 saturated heterocycles. The van der Waals surface area contributed by atoms with Gasteiger partial charge >= 0.3 is 0 Å². The van der Waals surface area contributed by atoms with E-state index in [1.165, 1.54) is 16.4 Å². The zero-order chi connectivity index (χ0) is 23.4. The Morgan fingerprint density at radius 1 is 1.18 bits per heavy atom. The van der Waals surface area contributed by atoms with Gasteiger partial charge in [0.25, 0.3) is 0 Å². The molecule has 1 aliphatic rings. The average molecular weight is 477 g/mol. The van der Waals surface area contributed by atoms with Gasteiger partial charge in [0.2, 0.25) is 10.0 Å². The van der Waals surface area contributed by atoms with Crippen LogP contribution in [0.4, 0.5) is 8.78 Å². The Kier molecular flexibility index (Phi) is 7.11. The normalized spacial score (nSPS) is 18.0. The fourth-order valence-corrected chi connectivity index (χ4v) is 5.54. The van der Waals surface area contributed by atoms with Gasteiger partial charge in [0, 0.05) is 30.8 Å². The lowest BCUT2D eigenvalue weighted by Gasteiger charge is -2.26. The van der Waals surface area contributed by atoms with Crippen molar-refractivity contribution < 1.29 is 17.2 Å². The van der Waals surface area contributed by atoms with Crippen LogP contribution in [-0.4, -0.2) is 57.8 Å². The van der Waals surface area contributed by atoms with Gasteiger partial charge in [-0.05, 0) is 41.8 Å². The summed E-state index contributed by atoms with van der Waals surface area (Å²) in [6.07, 6.45) is 1.45. The molecular weight excluding hydrogens is 450 g/mol. The van der Waals surface area contributed by atoms with Gasteiger partial charge in [0.1, 0.15) is 11.6 Å². The van der Waals surface area contributed by atoms with Crippen molar-refractivity contribution in [3.05, 3.63) is 77.1 Å². The summed E-state index contributed by atoms with van der Waals surface area (Å²) >= 11 is 0. The number of nitrogens with one attached hydrogen (secondary N) is 1. The first-order valence-electron chi connectivity index (χ1n) is 10.9. The molecule has 2 aromatic carbocycles. The Morgan fingerprint density at radius 2 is 1.97 bits per heavy atom. The molecular formula is C22H26F2N6O2S. The zero-order valence-corrected chi connectivity index (χ0v) is 19.0. The van der Waals surface area contributed by atoms with Crippen LogP contribution in [0.15, 0.2) is 48.5 Å². The van der Waals surface area contributed by atoms with Crippen LogP contribution in [0.3, 0.4) is 0 Å². The van der Waals surface area contributed by atoms with Gasteiger partial charge in [-0.25, -0.2) is 21.9 Å². The number of benzene rings is 2. The second-order valence-corrected chi connectivity index (χ2v) is 10.2. The summed E-state index contributed by atoms with van der Waals surface area (Å²) in [5, 5.41) is 15.2. The first kappa shape index (κ1) is 23.4. The molecule has 3 aromatic rings. The maximum Gasteiger partial charge on any atom is 0.214 e. The van der Waals surface area contributed by atoms with Crippen molar-refractivity contribution in [3.63, 3.8) is 0 Å². The third-order valence-corrected chi connectivity index (χ3v) is 7.79. The molecule has 4 rings (SSSR count). The van der Waals surface area contributed by atoms with E-state index in [0.717, 1.165) is 18.1 Å². The molecule has 1 fully saturated rings. The molecule has 2 unspecified atom stereocenters. The molecule has 1 N–H and O–H groups in total.